The van der Waals surface area contributed by atoms with Crippen LogP contribution < -0.4 is 10.1 Å². The van der Waals surface area contributed by atoms with Gasteiger partial charge in [-0.3, -0.25) is 4.79 Å². The Kier molecular flexibility index (Phi) is 5.83. The summed E-state index contributed by atoms with van der Waals surface area (Å²) >= 11 is 0. The number of carbonyl (C=O) groups excluding carboxylic acids is 1. The number of hydrogen-bond donors (Lipinski definition) is 2. The van der Waals surface area contributed by atoms with Crippen LogP contribution in [0.4, 0.5) is 4.79 Å². The van der Waals surface area contributed by atoms with Gasteiger partial charge in [0.25, 0.3) is 5.78 Å². The minimum atomic E-state index is -1.32. The topological polar surface area (TPSA) is 112 Å². The van der Waals surface area contributed by atoms with Gasteiger partial charge in [0.2, 0.25) is 0 Å². The van der Waals surface area contributed by atoms with E-state index in [-0.39, 0.29) is 12.0 Å². The average Bonchev–Trinajstić information content (AvgIpc) is 2.38. The zero-order valence-electron chi connectivity index (χ0n) is 12.7. The van der Waals surface area contributed by atoms with Crippen molar-refractivity contribution in [3.8, 4) is 5.75 Å². The third-order valence-corrected chi connectivity index (χ3v) is 2.61. The fourth-order valence-electron chi connectivity index (χ4n) is 1.80. The van der Waals surface area contributed by atoms with Crippen LogP contribution in [0.1, 0.15) is 26.3 Å². The monoisotopic (exact) mass is 305 g/mol. The van der Waals surface area contributed by atoms with Gasteiger partial charge < -0.3 is 20.7 Å². The SMILES string of the molecule is CC(C)(C)Oc1ccc(C[C@H](NC(=O)O)C(=O)C=[N+]=[N-])cc1. The summed E-state index contributed by atoms with van der Waals surface area (Å²) in [5, 5.41) is 10.9. The van der Waals surface area contributed by atoms with E-state index >= 15 is 0 Å². The van der Waals surface area contributed by atoms with E-state index in [1.807, 2.05) is 20.8 Å². The van der Waals surface area contributed by atoms with Crippen molar-refractivity contribution in [3.05, 3.63) is 35.4 Å². The molecule has 0 aromatic heterocycles. The largest absolute Gasteiger partial charge is 0.488 e. The Morgan fingerprint density at radius 3 is 2.41 bits per heavy atom. The van der Waals surface area contributed by atoms with Crippen LogP contribution in [-0.2, 0) is 11.2 Å². The number of amides is 1. The molecule has 1 aromatic rings. The molecule has 0 radical (unpaired) electrons. The summed E-state index contributed by atoms with van der Waals surface area (Å²) in [4.78, 5) is 25.0. The van der Waals surface area contributed by atoms with Crippen molar-refractivity contribution in [2.75, 3.05) is 0 Å². The van der Waals surface area contributed by atoms with Crippen LogP contribution in [0.3, 0.4) is 0 Å². The zero-order chi connectivity index (χ0) is 16.8. The molecule has 7 nitrogen and oxygen atoms in total. The van der Waals surface area contributed by atoms with Gasteiger partial charge in [-0.1, -0.05) is 12.1 Å². The predicted molar refractivity (Wildman–Crippen MR) is 80.2 cm³/mol. The van der Waals surface area contributed by atoms with Gasteiger partial charge in [-0.2, -0.15) is 4.79 Å². The van der Waals surface area contributed by atoms with Crippen molar-refractivity contribution in [1.29, 1.82) is 0 Å². The molecule has 1 amide bonds. The molecular weight excluding hydrogens is 286 g/mol. The molecule has 7 heteroatoms. The third kappa shape index (κ3) is 6.19. The molecule has 0 saturated carbocycles. The van der Waals surface area contributed by atoms with Gasteiger partial charge in [-0.25, -0.2) is 4.79 Å². The average molecular weight is 305 g/mol. The van der Waals surface area contributed by atoms with Crippen LogP contribution in [0.15, 0.2) is 24.3 Å². The maximum atomic E-state index is 11.7. The van der Waals surface area contributed by atoms with E-state index in [9.17, 15) is 9.59 Å². The summed E-state index contributed by atoms with van der Waals surface area (Å²) in [5.74, 6) is 0.0576. The van der Waals surface area contributed by atoms with E-state index in [0.717, 1.165) is 5.56 Å². The summed E-state index contributed by atoms with van der Waals surface area (Å²) in [7, 11) is 0. The van der Waals surface area contributed by atoms with Crippen LogP contribution >= 0.6 is 0 Å². The molecule has 0 heterocycles. The quantitative estimate of drug-likeness (QED) is 0.475. The third-order valence-electron chi connectivity index (χ3n) is 2.61. The Morgan fingerprint density at radius 2 is 1.95 bits per heavy atom. The fourth-order valence-corrected chi connectivity index (χ4v) is 1.80. The molecule has 0 bridgehead atoms. The maximum absolute atomic E-state index is 11.7. The predicted octanol–water partition coefficient (Wildman–Crippen LogP) is 1.91. The highest BCUT2D eigenvalue weighted by Crippen LogP contribution is 2.19. The number of nitrogens with zero attached hydrogens (tertiary/aromatic N) is 2. The van der Waals surface area contributed by atoms with Crippen molar-refractivity contribution in [3.63, 3.8) is 0 Å². The van der Waals surface area contributed by atoms with Crippen molar-refractivity contribution < 1.29 is 24.2 Å². The number of benzene rings is 1. The molecule has 0 saturated heterocycles. The van der Waals surface area contributed by atoms with Crippen molar-refractivity contribution >= 4 is 18.1 Å². The van der Waals surface area contributed by atoms with Crippen LogP contribution in [0.25, 0.3) is 5.53 Å². The molecule has 0 fully saturated rings. The second-order valence-electron chi connectivity index (χ2n) is 5.71. The first-order chi connectivity index (χ1) is 10.2. The summed E-state index contributed by atoms with van der Waals surface area (Å²) in [6.45, 7) is 5.79. The van der Waals surface area contributed by atoms with Gasteiger partial charge in [0.1, 0.15) is 17.4 Å². The van der Waals surface area contributed by atoms with E-state index in [1.54, 1.807) is 24.3 Å². The van der Waals surface area contributed by atoms with Gasteiger partial charge in [0, 0.05) is 6.42 Å². The molecule has 1 atom stereocenters. The summed E-state index contributed by atoms with van der Waals surface area (Å²) < 4.78 is 5.68. The Bertz CT molecular complexity index is 584. The molecule has 0 unspecified atom stereocenters. The molecule has 0 aliphatic rings. The number of ether oxygens (including phenoxy) is 1. The molecule has 1 rings (SSSR count). The first kappa shape index (κ1) is 17.4. The zero-order valence-corrected chi connectivity index (χ0v) is 12.7. The first-order valence-electron chi connectivity index (χ1n) is 6.70. The van der Waals surface area contributed by atoms with E-state index in [4.69, 9.17) is 15.4 Å². The highest BCUT2D eigenvalue weighted by molar-refractivity contribution is 6.28. The molecule has 2 N–H and O–H groups in total. The van der Waals surface area contributed by atoms with Gasteiger partial charge in [0.15, 0.2) is 0 Å². The Balaban J connectivity index is 2.83. The number of Topliss-reactive ketones (excluding diaryl/α,β-unsaturated/α-hetero) is 1. The van der Waals surface area contributed by atoms with Crippen LogP contribution in [-0.4, -0.2) is 39.6 Å². The van der Waals surface area contributed by atoms with E-state index in [0.29, 0.717) is 12.0 Å². The number of nitrogens with one attached hydrogen (secondary N) is 1. The minimum Gasteiger partial charge on any atom is -0.488 e. The highest BCUT2D eigenvalue weighted by Gasteiger charge is 2.22. The van der Waals surface area contributed by atoms with Crippen LogP contribution in [0.5, 0.6) is 5.75 Å². The Hall–Kier alpha value is -2.66. The normalized spacial score (nSPS) is 12.0. The number of carbonyl (C=O) groups is 2. The van der Waals surface area contributed by atoms with Crippen molar-refractivity contribution in [1.82, 2.24) is 5.32 Å². The first-order valence-corrected chi connectivity index (χ1v) is 6.70. The number of carboxylic acid groups (broad SMARTS) is 1. The van der Waals surface area contributed by atoms with Gasteiger partial charge in [0.05, 0.1) is 0 Å². The Labute approximate surface area is 128 Å². The van der Waals surface area contributed by atoms with Gasteiger partial charge in [-0.05, 0) is 38.5 Å². The second-order valence-corrected chi connectivity index (χ2v) is 5.71. The van der Waals surface area contributed by atoms with E-state index in [2.05, 4.69) is 10.1 Å². The lowest BCUT2D eigenvalue weighted by molar-refractivity contribution is -0.117. The lowest BCUT2D eigenvalue weighted by atomic mass is 10.0. The lowest BCUT2D eigenvalue weighted by Crippen LogP contribution is -2.42. The molecule has 118 valence electrons. The standard InChI is InChI=1S/C15H19N3O4/c1-15(2,3)22-11-6-4-10(5-7-11)8-12(18-14(20)21)13(19)9-17-16/h4-7,9,12,18H,8H2,1-3H3,(H,20,21)/t12-/m0/s1. The molecule has 22 heavy (non-hydrogen) atoms. The maximum Gasteiger partial charge on any atom is 0.405 e. The second kappa shape index (κ2) is 7.38. The number of rotatable bonds is 6. The fraction of sp³-hybridized carbons (Fsp3) is 0.400. The minimum absolute atomic E-state index is 0.146. The smallest absolute Gasteiger partial charge is 0.405 e. The van der Waals surface area contributed by atoms with E-state index in [1.165, 1.54) is 0 Å². The Morgan fingerprint density at radius 1 is 1.36 bits per heavy atom. The number of hydrogen-bond acceptors (Lipinski definition) is 3. The summed E-state index contributed by atoms with van der Waals surface area (Å²) in [6, 6.07) is 6.00. The van der Waals surface area contributed by atoms with Crippen molar-refractivity contribution in [2.45, 2.75) is 38.8 Å². The summed E-state index contributed by atoms with van der Waals surface area (Å²) in [5.41, 5.74) is 8.82. The lowest BCUT2D eigenvalue weighted by Gasteiger charge is -2.21. The highest BCUT2D eigenvalue weighted by atomic mass is 16.5. The molecule has 0 spiro atoms. The molecule has 0 aliphatic heterocycles. The van der Waals surface area contributed by atoms with E-state index < -0.39 is 17.9 Å². The van der Waals surface area contributed by atoms with Crippen molar-refractivity contribution in [2.24, 2.45) is 0 Å². The summed E-state index contributed by atoms with van der Waals surface area (Å²) in [6.07, 6.45) is -0.498. The molecule has 0 aliphatic carbocycles. The molecule has 1 aromatic carbocycles. The molecular formula is C15H19N3O4. The van der Waals surface area contributed by atoms with Gasteiger partial charge >= 0.3 is 12.3 Å². The van der Waals surface area contributed by atoms with Gasteiger partial charge in [-0.15, -0.1) is 0 Å². The van der Waals surface area contributed by atoms with Crippen LogP contribution in [0.2, 0.25) is 0 Å². The van der Waals surface area contributed by atoms with Crippen LogP contribution in [0, 0.1) is 0 Å². The number of ketones is 1.